The quantitative estimate of drug-likeness (QED) is 0.750. The average Bonchev–Trinajstić information content (AvgIpc) is 2.79. The zero-order valence-corrected chi connectivity index (χ0v) is 9.98. The molecule has 3 heteroatoms. The van der Waals surface area contributed by atoms with Crippen LogP contribution < -0.4 is 10.6 Å². The maximum absolute atomic E-state index is 3.58. The smallest absolute Gasteiger partial charge is 0.0299 e. The molecule has 2 nitrogen and oxygen atoms in total. The van der Waals surface area contributed by atoms with Gasteiger partial charge in [0.1, 0.15) is 0 Å². The molecule has 1 aliphatic heterocycles. The second kappa shape index (κ2) is 6.26. The van der Waals surface area contributed by atoms with E-state index in [-0.39, 0.29) is 0 Å². The zero-order chi connectivity index (χ0) is 10.3. The molecule has 0 amide bonds. The second-order valence-corrected chi connectivity index (χ2v) is 5.22. The van der Waals surface area contributed by atoms with Crippen molar-refractivity contribution in [1.82, 2.24) is 10.6 Å². The lowest BCUT2D eigenvalue weighted by Gasteiger charge is -2.23. The normalized spacial score (nSPS) is 21.7. The number of hydrogen-bond donors (Lipinski definition) is 2. The Morgan fingerprint density at radius 1 is 1.47 bits per heavy atom. The summed E-state index contributed by atoms with van der Waals surface area (Å²) in [5.41, 5.74) is 0. The topological polar surface area (TPSA) is 24.1 Å². The van der Waals surface area contributed by atoms with Crippen molar-refractivity contribution in [1.29, 1.82) is 0 Å². The maximum atomic E-state index is 3.58. The molecule has 0 radical (unpaired) electrons. The Morgan fingerprint density at radius 2 is 2.47 bits per heavy atom. The Hall–Kier alpha value is -0.380. The van der Waals surface area contributed by atoms with Crippen LogP contribution in [0.1, 0.15) is 30.6 Å². The molecule has 1 saturated heterocycles. The van der Waals surface area contributed by atoms with E-state index in [1.165, 1.54) is 37.1 Å². The molecular formula is C12H20N2S. The van der Waals surface area contributed by atoms with Crippen molar-refractivity contribution < 1.29 is 0 Å². The summed E-state index contributed by atoms with van der Waals surface area (Å²) in [6, 6.07) is 5.07. The highest BCUT2D eigenvalue weighted by atomic mass is 32.1. The number of rotatable bonds is 5. The van der Waals surface area contributed by atoms with E-state index in [9.17, 15) is 0 Å². The molecule has 1 aromatic heterocycles. The molecule has 15 heavy (non-hydrogen) atoms. The first-order valence-corrected chi connectivity index (χ1v) is 6.79. The van der Waals surface area contributed by atoms with E-state index in [0.29, 0.717) is 0 Å². The summed E-state index contributed by atoms with van der Waals surface area (Å²) in [5, 5.41) is 9.22. The third-order valence-corrected chi connectivity index (χ3v) is 3.84. The zero-order valence-electron chi connectivity index (χ0n) is 9.17. The van der Waals surface area contributed by atoms with Gasteiger partial charge in [-0.3, -0.25) is 0 Å². The van der Waals surface area contributed by atoms with Gasteiger partial charge in [0.2, 0.25) is 0 Å². The van der Waals surface area contributed by atoms with E-state index in [1.54, 1.807) is 0 Å². The molecule has 0 aromatic carbocycles. The highest BCUT2D eigenvalue weighted by Crippen LogP contribution is 2.10. The van der Waals surface area contributed by atoms with Gasteiger partial charge < -0.3 is 10.6 Å². The lowest BCUT2D eigenvalue weighted by Crippen LogP contribution is -2.36. The highest BCUT2D eigenvalue weighted by molar-refractivity contribution is 7.09. The van der Waals surface area contributed by atoms with Crippen LogP contribution in [-0.2, 0) is 6.54 Å². The SMILES string of the molecule is c1csc(CNCCC2CCCCN2)c1. The van der Waals surface area contributed by atoms with E-state index in [4.69, 9.17) is 0 Å². The summed E-state index contributed by atoms with van der Waals surface area (Å²) in [4.78, 5) is 1.44. The van der Waals surface area contributed by atoms with Gasteiger partial charge in [-0.2, -0.15) is 0 Å². The van der Waals surface area contributed by atoms with Gasteiger partial charge >= 0.3 is 0 Å². The Labute approximate surface area is 96.1 Å². The fourth-order valence-electron chi connectivity index (χ4n) is 2.07. The number of piperidine rings is 1. The summed E-state index contributed by atoms with van der Waals surface area (Å²) in [6.07, 6.45) is 5.40. The summed E-state index contributed by atoms with van der Waals surface area (Å²) in [5.74, 6) is 0. The standard InChI is InChI=1S/C12H20N2S/c1-2-7-14-11(4-1)6-8-13-10-12-5-3-9-15-12/h3,5,9,11,13-14H,1-2,4,6-8,10H2. The molecule has 0 spiro atoms. The van der Waals surface area contributed by atoms with Crippen molar-refractivity contribution in [3.05, 3.63) is 22.4 Å². The monoisotopic (exact) mass is 224 g/mol. The van der Waals surface area contributed by atoms with Gasteiger partial charge in [-0.25, -0.2) is 0 Å². The van der Waals surface area contributed by atoms with Crippen LogP contribution in [-0.4, -0.2) is 19.1 Å². The van der Waals surface area contributed by atoms with Gasteiger partial charge in [0.15, 0.2) is 0 Å². The van der Waals surface area contributed by atoms with E-state index in [1.807, 2.05) is 11.3 Å². The van der Waals surface area contributed by atoms with Crippen molar-refractivity contribution in [2.24, 2.45) is 0 Å². The van der Waals surface area contributed by atoms with Crippen LogP contribution >= 0.6 is 11.3 Å². The minimum Gasteiger partial charge on any atom is -0.314 e. The van der Waals surface area contributed by atoms with Gasteiger partial charge in [0.05, 0.1) is 0 Å². The lowest BCUT2D eigenvalue weighted by atomic mass is 10.0. The number of nitrogens with one attached hydrogen (secondary N) is 2. The van der Waals surface area contributed by atoms with E-state index < -0.39 is 0 Å². The molecular weight excluding hydrogens is 204 g/mol. The predicted molar refractivity (Wildman–Crippen MR) is 66.3 cm³/mol. The molecule has 1 aromatic rings. The number of hydrogen-bond acceptors (Lipinski definition) is 3. The van der Waals surface area contributed by atoms with Crippen molar-refractivity contribution in [3.8, 4) is 0 Å². The molecule has 84 valence electrons. The first kappa shape index (κ1) is 11.1. The van der Waals surface area contributed by atoms with E-state index >= 15 is 0 Å². The molecule has 0 saturated carbocycles. The maximum Gasteiger partial charge on any atom is 0.0299 e. The van der Waals surface area contributed by atoms with Crippen LogP contribution in [0.4, 0.5) is 0 Å². The van der Waals surface area contributed by atoms with Crippen molar-refractivity contribution >= 4 is 11.3 Å². The fourth-order valence-corrected chi connectivity index (χ4v) is 2.75. The lowest BCUT2D eigenvalue weighted by molar-refractivity contribution is 0.376. The van der Waals surface area contributed by atoms with Gasteiger partial charge in [0.25, 0.3) is 0 Å². The van der Waals surface area contributed by atoms with Crippen LogP contribution in [0, 0.1) is 0 Å². The summed E-state index contributed by atoms with van der Waals surface area (Å²) < 4.78 is 0. The third kappa shape index (κ3) is 3.93. The summed E-state index contributed by atoms with van der Waals surface area (Å²) >= 11 is 1.83. The Balaban J connectivity index is 1.54. The van der Waals surface area contributed by atoms with Gasteiger partial charge in [-0.05, 0) is 43.8 Å². The third-order valence-electron chi connectivity index (χ3n) is 2.96. The molecule has 1 unspecified atom stereocenters. The van der Waals surface area contributed by atoms with Crippen LogP contribution in [0.2, 0.25) is 0 Å². The van der Waals surface area contributed by atoms with Crippen molar-refractivity contribution in [2.45, 2.75) is 38.3 Å². The predicted octanol–water partition coefficient (Wildman–Crippen LogP) is 2.37. The fraction of sp³-hybridized carbons (Fsp3) is 0.667. The van der Waals surface area contributed by atoms with Crippen LogP contribution in [0.15, 0.2) is 17.5 Å². The molecule has 1 fully saturated rings. The van der Waals surface area contributed by atoms with Crippen LogP contribution in [0.5, 0.6) is 0 Å². The molecule has 1 atom stereocenters. The Bertz CT molecular complexity index is 253. The minimum absolute atomic E-state index is 0.759. The molecule has 2 heterocycles. The van der Waals surface area contributed by atoms with E-state index in [0.717, 1.165) is 19.1 Å². The highest BCUT2D eigenvalue weighted by Gasteiger charge is 2.11. The molecule has 2 rings (SSSR count). The van der Waals surface area contributed by atoms with Gasteiger partial charge in [0, 0.05) is 17.5 Å². The molecule has 1 aliphatic rings. The van der Waals surface area contributed by atoms with Crippen molar-refractivity contribution in [3.63, 3.8) is 0 Å². The first-order chi connectivity index (χ1) is 7.45. The first-order valence-electron chi connectivity index (χ1n) is 5.91. The summed E-state index contributed by atoms with van der Waals surface area (Å²) in [6.45, 7) is 3.38. The number of thiophene rings is 1. The average molecular weight is 224 g/mol. The minimum atomic E-state index is 0.759. The van der Waals surface area contributed by atoms with E-state index in [2.05, 4.69) is 28.1 Å². The van der Waals surface area contributed by atoms with Crippen molar-refractivity contribution in [2.75, 3.05) is 13.1 Å². The molecule has 0 aliphatic carbocycles. The second-order valence-electron chi connectivity index (χ2n) is 4.19. The van der Waals surface area contributed by atoms with Gasteiger partial charge in [-0.1, -0.05) is 12.5 Å². The van der Waals surface area contributed by atoms with Crippen LogP contribution in [0.25, 0.3) is 0 Å². The Kier molecular flexibility index (Phi) is 4.64. The summed E-state index contributed by atoms with van der Waals surface area (Å²) in [7, 11) is 0. The molecule has 2 N–H and O–H groups in total. The Morgan fingerprint density at radius 3 is 3.20 bits per heavy atom. The van der Waals surface area contributed by atoms with Crippen LogP contribution in [0.3, 0.4) is 0 Å². The van der Waals surface area contributed by atoms with Gasteiger partial charge in [-0.15, -0.1) is 11.3 Å². The largest absolute Gasteiger partial charge is 0.314 e. The molecule has 0 bridgehead atoms.